The summed E-state index contributed by atoms with van der Waals surface area (Å²) in [6.07, 6.45) is 2.86. The van der Waals surface area contributed by atoms with Crippen molar-refractivity contribution < 1.29 is 18.3 Å². The Morgan fingerprint density at radius 2 is 1.79 bits per heavy atom. The first kappa shape index (κ1) is 19.3. The van der Waals surface area contributed by atoms with E-state index in [1.165, 1.54) is 18.5 Å². The van der Waals surface area contributed by atoms with E-state index < -0.39 is 11.6 Å². The van der Waals surface area contributed by atoms with E-state index in [9.17, 15) is 13.6 Å². The summed E-state index contributed by atoms with van der Waals surface area (Å²) in [5.41, 5.74) is 1.64. The molecule has 7 heteroatoms. The van der Waals surface area contributed by atoms with Crippen LogP contribution in [-0.2, 0) is 0 Å². The fourth-order valence-corrected chi connectivity index (χ4v) is 2.49. The number of amides is 1. The molecule has 0 atom stereocenters. The quantitative estimate of drug-likeness (QED) is 0.618. The first-order chi connectivity index (χ1) is 13.4. The number of carbonyl (C=O) groups excluding carboxylic acids is 1. The molecule has 144 valence electrons. The Morgan fingerprint density at radius 1 is 1.00 bits per heavy atom. The van der Waals surface area contributed by atoms with Crippen LogP contribution in [0.5, 0.6) is 5.75 Å². The minimum absolute atomic E-state index is 0.0386. The first-order valence-corrected chi connectivity index (χ1v) is 8.66. The Morgan fingerprint density at radius 3 is 2.54 bits per heavy atom. The van der Waals surface area contributed by atoms with Crippen LogP contribution in [0.3, 0.4) is 0 Å². The molecule has 0 saturated heterocycles. The zero-order valence-electron chi connectivity index (χ0n) is 15.4. The summed E-state index contributed by atoms with van der Waals surface area (Å²) < 4.78 is 32.1. The van der Waals surface area contributed by atoms with Crippen LogP contribution in [0.1, 0.15) is 24.2 Å². The third kappa shape index (κ3) is 4.82. The zero-order chi connectivity index (χ0) is 20.1. The van der Waals surface area contributed by atoms with Gasteiger partial charge >= 0.3 is 0 Å². The molecule has 5 nitrogen and oxygen atoms in total. The summed E-state index contributed by atoms with van der Waals surface area (Å²) in [6.45, 7) is 3.80. The smallest absolute Gasteiger partial charge is 0.257 e. The van der Waals surface area contributed by atoms with Crippen LogP contribution in [0.25, 0.3) is 0 Å². The summed E-state index contributed by atoms with van der Waals surface area (Å²) in [5.74, 6) is -1.70. The molecule has 0 bridgehead atoms. The highest BCUT2D eigenvalue weighted by molar-refractivity contribution is 6.05. The van der Waals surface area contributed by atoms with Gasteiger partial charge < -0.3 is 15.4 Å². The van der Waals surface area contributed by atoms with Crippen molar-refractivity contribution in [3.05, 3.63) is 78.1 Å². The van der Waals surface area contributed by atoms with E-state index in [1.54, 1.807) is 24.3 Å². The van der Waals surface area contributed by atoms with Gasteiger partial charge in [-0.05, 0) is 44.2 Å². The topological polar surface area (TPSA) is 63.2 Å². The van der Waals surface area contributed by atoms with E-state index in [4.69, 9.17) is 4.74 Å². The fourth-order valence-electron chi connectivity index (χ4n) is 2.49. The van der Waals surface area contributed by atoms with Crippen LogP contribution < -0.4 is 15.4 Å². The molecule has 0 aliphatic carbocycles. The molecule has 0 spiro atoms. The van der Waals surface area contributed by atoms with E-state index in [0.717, 1.165) is 12.1 Å². The maximum atomic E-state index is 13.4. The van der Waals surface area contributed by atoms with Gasteiger partial charge in [0.25, 0.3) is 5.91 Å². The summed E-state index contributed by atoms with van der Waals surface area (Å²) in [4.78, 5) is 16.6. The number of aromatic nitrogens is 1. The Labute approximate surface area is 161 Å². The van der Waals surface area contributed by atoms with Crippen molar-refractivity contribution in [2.75, 3.05) is 10.6 Å². The number of halogens is 2. The van der Waals surface area contributed by atoms with Gasteiger partial charge in [-0.2, -0.15) is 0 Å². The molecule has 1 aromatic heterocycles. The van der Waals surface area contributed by atoms with E-state index in [1.807, 2.05) is 19.9 Å². The third-order valence-corrected chi connectivity index (χ3v) is 3.71. The van der Waals surface area contributed by atoms with Crippen LogP contribution in [0.4, 0.5) is 25.8 Å². The second-order valence-corrected chi connectivity index (χ2v) is 6.33. The number of carbonyl (C=O) groups is 1. The molecule has 0 aliphatic heterocycles. The second kappa shape index (κ2) is 8.47. The summed E-state index contributed by atoms with van der Waals surface area (Å²) in [5, 5.41) is 5.69. The molecular formula is C21H19F2N3O2. The van der Waals surface area contributed by atoms with Crippen LogP contribution >= 0.6 is 0 Å². The van der Waals surface area contributed by atoms with E-state index in [0.29, 0.717) is 28.4 Å². The second-order valence-electron chi connectivity index (χ2n) is 6.33. The predicted molar refractivity (Wildman–Crippen MR) is 104 cm³/mol. The van der Waals surface area contributed by atoms with Crippen molar-refractivity contribution in [3.63, 3.8) is 0 Å². The molecule has 0 unspecified atom stereocenters. The Balaban J connectivity index is 1.76. The molecule has 3 aromatic rings. The molecule has 28 heavy (non-hydrogen) atoms. The number of hydrogen-bond donors (Lipinski definition) is 2. The number of nitrogens with one attached hydrogen (secondary N) is 2. The minimum Gasteiger partial charge on any atom is -0.489 e. The average molecular weight is 383 g/mol. The lowest BCUT2D eigenvalue weighted by Gasteiger charge is -2.15. The molecule has 0 aliphatic rings. The number of ether oxygens (including phenoxy) is 1. The molecule has 2 N–H and O–H groups in total. The van der Waals surface area contributed by atoms with Gasteiger partial charge in [0.1, 0.15) is 5.75 Å². The zero-order valence-corrected chi connectivity index (χ0v) is 15.4. The van der Waals surface area contributed by atoms with E-state index in [2.05, 4.69) is 15.6 Å². The lowest BCUT2D eigenvalue weighted by molar-refractivity contribution is 0.102. The molecule has 0 fully saturated rings. The normalized spacial score (nSPS) is 10.6. The minimum atomic E-state index is -0.964. The van der Waals surface area contributed by atoms with E-state index in [-0.39, 0.29) is 12.0 Å². The Bertz CT molecular complexity index is 993. The van der Waals surface area contributed by atoms with Crippen molar-refractivity contribution in [2.45, 2.75) is 20.0 Å². The van der Waals surface area contributed by atoms with Gasteiger partial charge in [0.15, 0.2) is 11.6 Å². The number of nitrogens with zero attached hydrogens (tertiary/aromatic N) is 1. The van der Waals surface area contributed by atoms with Crippen molar-refractivity contribution in [1.82, 2.24) is 4.98 Å². The highest BCUT2D eigenvalue weighted by atomic mass is 19.2. The summed E-state index contributed by atoms with van der Waals surface area (Å²) in [7, 11) is 0. The Hall–Kier alpha value is -3.48. The molecular weight excluding hydrogens is 364 g/mol. The number of para-hydroxylation sites is 2. The van der Waals surface area contributed by atoms with Gasteiger partial charge in [-0.25, -0.2) is 8.78 Å². The summed E-state index contributed by atoms with van der Waals surface area (Å²) >= 11 is 0. The van der Waals surface area contributed by atoms with Crippen molar-refractivity contribution in [1.29, 1.82) is 0 Å². The maximum absolute atomic E-state index is 13.4. The monoisotopic (exact) mass is 383 g/mol. The Kier molecular flexibility index (Phi) is 5.84. The molecule has 0 radical (unpaired) electrons. The average Bonchev–Trinajstić information content (AvgIpc) is 2.66. The first-order valence-electron chi connectivity index (χ1n) is 8.66. The largest absolute Gasteiger partial charge is 0.489 e. The van der Waals surface area contributed by atoms with Gasteiger partial charge in [-0.15, -0.1) is 0 Å². The molecule has 1 heterocycles. The molecule has 3 rings (SSSR count). The number of pyridine rings is 1. The number of benzene rings is 2. The van der Waals surface area contributed by atoms with Gasteiger partial charge in [0.05, 0.1) is 29.2 Å². The fraction of sp³-hybridized carbons (Fsp3) is 0.143. The number of anilines is 3. The van der Waals surface area contributed by atoms with Gasteiger partial charge in [-0.1, -0.05) is 12.1 Å². The van der Waals surface area contributed by atoms with Crippen molar-refractivity contribution >= 4 is 23.0 Å². The van der Waals surface area contributed by atoms with Crippen LogP contribution in [0.15, 0.2) is 60.9 Å². The van der Waals surface area contributed by atoms with Crippen LogP contribution in [-0.4, -0.2) is 17.0 Å². The molecule has 0 saturated carbocycles. The highest BCUT2D eigenvalue weighted by Gasteiger charge is 2.12. The number of rotatable bonds is 6. The van der Waals surface area contributed by atoms with Crippen LogP contribution in [0, 0.1) is 11.6 Å². The third-order valence-electron chi connectivity index (χ3n) is 3.71. The standard InChI is InChI=1S/C21H19F2N3O2/c1-13(2)28-20-6-4-3-5-19(20)26-21(27)14-9-16(12-24-11-14)25-15-7-8-17(22)18(23)10-15/h3-13,25H,1-2H3,(H,26,27). The van der Waals surface area contributed by atoms with Gasteiger partial charge in [0, 0.05) is 18.0 Å². The van der Waals surface area contributed by atoms with Gasteiger partial charge in [0.2, 0.25) is 0 Å². The van der Waals surface area contributed by atoms with Crippen molar-refractivity contribution in [2.24, 2.45) is 0 Å². The SMILES string of the molecule is CC(C)Oc1ccccc1NC(=O)c1cncc(Nc2ccc(F)c(F)c2)c1. The van der Waals surface area contributed by atoms with Crippen LogP contribution in [0.2, 0.25) is 0 Å². The molecule has 2 aromatic carbocycles. The lowest BCUT2D eigenvalue weighted by atomic mass is 10.2. The summed E-state index contributed by atoms with van der Waals surface area (Å²) in [6, 6.07) is 12.1. The van der Waals surface area contributed by atoms with Crippen molar-refractivity contribution in [3.8, 4) is 5.75 Å². The van der Waals surface area contributed by atoms with E-state index >= 15 is 0 Å². The lowest BCUT2D eigenvalue weighted by Crippen LogP contribution is -2.15. The molecule has 1 amide bonds. The maximum Gasteiger partial charge on any atom is 0.257 e. The highest BCUT2D eigenvalue weighted by Crippen LogP contribution is 2.26. The van der Waals surface area contributed by atoms with Gasteiger partial charge in [-0.3, -0.25) is 9.78 Å². The number of hydrogen-bond acceptors (Lipinski definition) is 4. The predicted octanol–water partition coefficient (Wildman–Crippen LogP) is 5.14.